The van der Waals surface area contributed by atoms with Crippen LogP contribution in [0.2, 0.25) is 0 Å². The Morgan fingerprint density at radius 1 is 1.00 bits per heavy atom. The van der Waals surface area contributed by atoms with Crippen molar-refractivity contribution in [2.45, 2.75) is 51.9 Å². The predicted molar refractivity (Wildman–Crippen MR) is 127 cm³/mol. The normalized spacial score (nSPS) is 15.7. The SMILES string of the molecule is Cc1ccc(S(=O)(=O)N2CCCN(C(=O)CCc3c(C)nc4cc(C)nn4c3C)CC2)cc1. The van der Waals surface area contributed by atoms with Crippen molar-refractivity contribution in [3.63, 3.8) is 0 Å². The highest BCUT2D eigenvalue weighted by molar-refractivity contribution is 7.89. The molecule has 0 bridgehead atoms. The molecule has 1 amide bonds. The molecule has 0 radical (unpaired) electrons. The molecule has 1 aliphatic heterocycles. The summed E-state index contributed by atoms with van der Waals surface area (Å²) in [4.78, 5) is 19.7. The molecule has 33 heavy (non-hydrogen) atoms. The van der Waals surface area contributed by atoms with E-state index in [9.17, 15) is 13.2 Å². The first kappa shape index (κ1) is 23.4. The third-order valence-electron chi connectivity index (χ3n) is 6.34. The first-order valence-electron chi connectivity index (χ1n) is 11.3. The van der Waals surface area contributed by atoms with Crippen molar-refractivity contribution in [3.05, 3.63) is 58.5 Å². The molecule has 2 aromatic heterocycles. The topological polar surface area (TPSA) is 87.9 Å². The zero-order valence-corrected chi connectivity index (χ0v) is 20.5. The van der Waals surface area contributed by atoms with Gasteiger partial charge in [-0.05, 0) is 58.2 Å². The van der Waals surface area contributed by atoms with Gasteiger partial charge in [0, 0.05) is 50.1 Å². The van der Waals surface area contributed by atoms with Crippen molar-refractivity contribution in [2.75, 3.05) is 26.2 Å². The maximum absolute atomic E-state index is 13.0. The number of aromatic nitrogens is 3. The summed E-state index contributed by atoms with van der Waals surface area (Å²) in [5.74, 6) is 0.0418. The van der Waals surface area contributed by atoms with Gasteiger partial charge in [0.1, 0.15) is 0 Å². The number of sulfonamides is 1. The van der Waals surface area contributed by atoms with Gasteiger partial charge in [0.2, 0.25) is 15.9 Å². The molecule has 3 heterocycles. The van der Waals surface area contributed by atoms with Crippen molar-refractivity contribution in [2.24, 2.45) is 0 Å². The lowest BCUT2D eigenvalue weighted by Crippen LogP contribution is -2.37. The van der Waals surface area contributed by atoms with Crippen LogP contribution in [0.15, 0.2) is 35.2 Å². The van der Waals surface area contributed by atoms with Gasteiger partial charge in [-0.15, -0.1) is 0 Å². The second-order valence-corrected chi connectivity index (χ2v) is 10.7. The molecule has 8 nitrogen and oxygen atoms in total. The first-order valence-corrected chi connectivity index (χ1v) is 12.8. The number of hydrogen-bond donors (Lipinski definition) is 0. The smallest absolute Gasteiger partial charge is 0.243 e. The molecule has 9 heteroatoms. The van der Waals surface area contributed by atoms with Gasteiger partial charge >= 0.3 is 0 Å². The molecule has 3 aromatic rings. The number of benzene rings is 1. The fraction of sp³-hybridized carbons (Fsp3) is 0.458. The maximum Gasteiger partial charge on any atom is 0.243 e. The Balaban J connectivity index is 1.41. The fourth-order valence-electron chi connectivity index (χ4n) is 4.44. The molecule has 0 aliphatic carbocycles. The van der Waals surface area contributed by atoms with Crippen LogP contribution in [0.25, 0.3) is 5.65 Å². The van der Waals surface area contributed by atoms with E-state index in [4.69, 9.17) is 0 Å². The highest BCUT2D eigenvalue weighted by atomic mass is 32.2. The minimum absolute atomic E-state index is 0.0418. The van der Waals surface area contributed by atoms with E-state index in [-0.39, 0.29) is 5.91 Å². The van der Waals surface area contributed by atoms with Crippen LogP contribution in [-0.4, -0.2) is 64.3 Å². The van der Waals surface area contributed by atoms with Gasteiger partial charge < -0.3 is 4.90 Å². The summed E-state index contributed by atoms with van der Waals surface area (Å²) < 4.78 is 29.4. The third-order valence-corrected chi connectivity index (χ3v) is 8.25. The Morgan fingerprint density at radius 2 is 1.73 bits per heavy atom. The van der Waals surface area contributed by atoms with Crippen LogP contribution < -0.4 is 0 Å². The van der Waals surface area contributed by atoms with Gasteiger partial charge in [-0.1, -0.05) is 17.7 Å². The van der Waals surface area contributed by atoms with Crippen molar-refractivity contribution in [1.29, 1.82) is 0 Å². The van der Waals surface area contributed by atoms with Crippen molar-refractivity contribution in [3.8, 4) is 0 Å². The Morgan fingerprint density at radius 3 is 2.45 bits per heavy atom. The van der Waals surface area contributed by atoms with E-state index in [1.54, 1.807) is 29.2 Å². The molecule has 176 valence electrons. The highest BCUT2D eigenvalue weighted by Gasteiger charge is 2.28. The Bertz CT molecular complexity index is 1280. The van der Waals surface area contributed by atoms with Gasteiger partial charge in [-0.25, -0.2) is 17.9 Å². The van der Waals surface area contributed by atoms with E-state index in [0.29, 0.717) is 50.3 Å². The zero-order valence-electron chi connectivity index (χ0n) is 19.7. The molecule has 0 atom stereocenters. The minimum Gasteiger partial charge on any atom is -0.341 e. The Hall–Kier alpha value is -2.78. The predicted octanol–water partition coefficient (Wildman–Crippen LogP) is 2.82. The van der Waals surface area contributed by atoms with Gasteiger partial charge in [-0.2, -0.15) is 9.40 Å². The van der Waals surface area contributed by atoms with E-state index in [1.807, 2.05) is 38.3 Å². The van der Waals surface area contributed by atoms with Gasteiger partial charge in [0.25, 0.3) is 0 Å². The van der Waals surface area contributed by atoms with Crippen LogP contribution in [0.5, 0.6) is 0 Å². The number of aryl methyl sites for hydroxylation is 4. The molecule has 1 aromatic carbocycles. The molecule has 0 spiro atoms. The first-order chi connectivity index (χ1) is 15.7. The van der Waals surface area contributed by atoms with Crippen LogP contribution in [0, 0.1) is 27.7 Å². The molecular weight excluding hydrogens is 438 g/mol. The van der Waals surface area contributed by atoms with Crippen LogP contribution in [0.4, 0.5) is 0 Å². The highest BCUT2D eigenvalue weighted by Crippen LogP contribution is 2.20. The lowest BCUT2D eigenvalue weighted by molar-refractivity contribution is -0.131. The average molecular weight is 470 g/mol. The van der Waals surface area contributed by atoms with Gasteiger partial charge in [0.15, 0.2) is 5.65 Å². The molecule has 1 aliphatic rings. The molecule has 4 rings (SSSR count). The van der Waals surface area contributed by atoms with Crippen LogP contribution in [-0.2, 0) is 21.2 Å². The van der Waals surface area contributed by atoms with E-state index in [2.05, 4.69) is 10.1 Å². The second kappa shape index (κ2) is 9.23. The van der Waals surface area contributed by atoms with E-state index in [0.717, 1.165) is 33.9 Å². The average Bonchev–Trinajstić information content (AvgIpc) is 2.97. The summed E-state index contributed by atoms with van der Waals surface area (Å²) in [6.07, 6.45) is 1.56. The molecule has 0 N–H and O–H groups in total. The molecule has 1 saturated heterocycles. The van der Waals surface area contributed by atoms with E-state index >= 15 is 0 Å². The summed E-state index contributed by atoms with van der Waals surface area (Å²) >= 11 is 0. The minimum atomic E-state index is -3.56. The van der Waals surface area contributed by atoms with Crippen LogP contribution in [0.3, 0.4) is 0 Å². The number of hydrogen-bond acceptors (Lipinski definition) is 5. The number of amides is 1. The lowest BCUT2D eigenvalue weighted by Gasteiger charge is -2.22. The molecule has 0 unspecified atom stereocenters. The monoisotopic (exact) mass is 469 g/mol. The van der Waals surface area contributed by atoms with Gasteiger partial charge in [0.05, 0.1) is 10.6 Å². The summed E-state index contributed by atoms with van der Waals surface area (Å²) in [5.41, 5.74) is 5.71. The largest absolute Gasteiger partial charge is 0.341 e. The maximum atomic E-state index is 13.0. The summed E-state index contributed by atoms with van der Waals surface area (Å²) in [7, 11) is -3.56. The second-order valence-electron chi connectivity index (χ2n) is 8.77. The summed E-state index contributed by atoms with van der Waals surface area (Å²) in [6, 6.07) is 8.86. The molecule has 0 saturated carbocycles. The quantitative estimate of drug-likeness (QED) is 0.573. The lowest BCUT2D eigenvalue weighted by atomic mass is 10.1. The van der Waals surface area contributed by atoms with E-state index < -0.39 is 10.0 Å². The fourth-order valence-corrected chi connectivity index (χ4v) is 5.91. The standard InChI is InChI=1S/C24H31N5O3S/c1-17-6-8-21(9-7-17)33(31,32)28-13-5-12-27(14-15-28)24(30)11-10-22-19(3)25-23-16-18(2)26-29(23)20(22)4/h6-9,16H,5,10-15H2,1-4H3. The number of carbonyl (C=O) groups excluding carboxylic acids is 1. The Labute approximate surface area is 195 Å². The van der Waals surface area contributed by atoms with Crippen molar-refractivity contribution >= 4 is 21.6 Å². The third kappa shape index (κ3) is 4.79. The van der Waals surface area contributed by atoms with Crippen LogP contribution >= 0.6 is 0 Å². The number of carbonyl (C=O) groups is 1. The Kier molecular flexibility index (Phi) is 6.54. The van der Waals surface area contributed by atoms with Crippen molar-refractivity contribution in [1.82, 2.24) is 23.8 Å². The number of rotatable bonds is 5. The molecule has 1 fully saturated rings. The number of nitrogens with zero attached hydrogens (tertiary/aromatic N) is 5. The molecular formula is C24H31N5O3S. The zero-order chi connectivity index (χ0) is 23.8. The van der Waals surface area contributed by atoms with Crippen LogP contribution in [0.1, 0.15) is 41.1 Å². The van der Waals surface area contributed by atoms with E-state index in [1.165, 1.54) is 4.31 Å². The summed E-state index contributed by atoms with van der Waals surface area (Å²) in [5, 5.41) is 4.50. The number of fused-ring (bicyclic) bond motifs is 1. The summed E-state index contributed by atoms with van der Waals surface area (Å²) in [6.45, 7) is 9.53. The van der Waals surface area contributed by atoms with Gasteiger partial charge in [-0.3, -0.25) is 4.79 Å². The van der Waals surface area contributed by atoms with Crippen molar-refractivity contribution < 1.29 is 13.2 Å².